The molecular weight excluding hydrogens is 232 g/mol. The summed E-state index contributed by atoms with van der Waals surface area (Å²) in [6, 6.07) is 6.29. The molecule has 0 aliphatic heterocycles. The molecule has 106 valence electrons. The van der Waals surface area contributed by atoms with Crippen molar-refractivity contribution in [3.8, 4) is 0 Å². The Morgan fingerprint density at radius 3 is 2.74 bits per heavy atom. The lowest BCUT2D eigenvalue weighted by molar-refractivity contribution is 0.145. The second-order valence-electron chi connectivity index (χ2n) is 6.42. The molecule has 0 radical (unpaired) electrons. The van der Waals surface area contributed by atoms with E-state index in [0.717, 1.165) is 36.6 Å². The van der Waals surface area contributed by atoms with E-state index in [2.05, 4.69) is 43.3 Å². The lowest BCUT2D eigenvalue weighted by atomic mass is 9.69. The van der Waals surface area contributed by atoms with Crippen LogP contribution in [0.5, 0.6) is 0 Å². The largest absolute Gasteiger partial charge is 0.319 e. The second-order valence-corrected chi connectivity index (χ2v) is 6.42. The van der Waals surface area contributed by atoms with Crippen molar-refractivity contribution in [3.05, 3.63) is 30.1 Å². The van der Waals surface area contributed by atoms with Gasteiger partial charge in [-0.2, -0.15) is 0 Å². The third-order valence-electron chi connectivity index (χ3n) is 4.79. The van der Waals surface area contributed by atoms with Crippen LogP contribution in [0.15, 0.2) is 24.4 Å². The van der Waals surface area contributed by atoms with Crippen molar-refractivity contribution in [1.82, 2.24) is 10.3 Å². The zero-order chi connectivity index (χ0) is 13.7. The van der Waals surface area contributed by atoms with Crippen molar-refractivity contribution in [2.75, 3.05) is 13.6 Å². The van der Waals surface area contributed by atoms with E-state index in [1.54, 1.807) is 0 Å². The Hall–Kier alpha value is -0.890. The molecule has 1 aromatic heterocycles. The summed E-state index contributed by atoms with van der Waals surface area (Å²) in [5.41, 5.74) is 1.26. The van der Waals surface area contributed by atoms with Crippen LogP contribution in [0.25, 0.3) is 0 Å². The van der Waals surface area contributed by atoms with Gasteiger partial charge in [0.1, 0.15) is 0 Å². The van der Waals surface area contributed by atoms with Crippen LogP contribution in [0.1, 0.15) is 38.8 Å². The van der Waals surface area contributed by atoms with Gasteiger partial charge in [0.05, 0.1) is 0 Å². The molecule has 1 aliphatic carbocycles. The molecule has 19 heavy (non-hydrogen) atoms. The summed E-state index contributed by atoms with van der Waals surface area (Å²) in [5.74, 6) is 3.34. The zero-order valence-corrected chi connectivity index (χ0v) is 12.6. The van der Waals surface area contributed by atoms with Crippen LogP contribution in [0.2, 0.25) is 0 Å². The molecule has 1 saturated carbocycles. The fraction of sp³-hybridized carbons (Fsp3) is 0.706. The van der Waals surface area contributed by atoms with Crippen LogP contribution in [0.4, 0.5) is 0 Å². The first-order valence-electron chi connectivity index (χ1n) is 7.75. The number of hydrogen-bond donors (Lipinski definition) is 1. The molecule has 0 spiro atoms. The monoisotopic (exact) mass is 260 g/mol. The molecule has 1 N–H and O–H groups in total. The van der Waals surface area contributed by atoms with Gasteiger partial charge < -0.3 is 5.32 Å². The quantitative estimate of drug-likeness (QED) is 0.876. The molecule has 3 atom stereocenters. The summed E-state index contributed by atoms with van der Waals surface area (Å²) in [6.07, 6.45) is 7.23. The predicted molar refractivity (Wildman–Crippen MR) is 81.0 cm³/mol. The summed E-state index contributed by atoms with van der Waals surface area (Å²) < 4.78 is 0. The van der Waals surface area contributed by atoms with E-state index in [4.69, 9.17) is 0 Å². The SMILES string of the molecule is CNCC1CCC(C(C)C)CC1Cc1ccccn1. The minimum atomic E-state index is 0.795. The average Bonchev–Trinajstić information content (AvgIpc) is 2.42. The molecule has 3 unspecified atom stereocenters. The molecule has 2 rings (SSSR count). The highest BCUT2D eigenvalue weighted by molar-refractivity contribution is 5.05. The number of aromatic nitrogens is 1. The molecule has 1 heterocycles. The first-order valence-corrected chi connectivity index (χ1v) is 7.75. The summed E-state index contributed by atoms with van der Waals surface area (Å²) in [7, 11) is 2.08. The third-order valence-corrected chi connectivity index (χ3v) is 4.79. The predicted octanol–water partition coefficient (Wildman–Crippen LogP) is 3.53. The molecule has 0 amide bonds. The van der Waals surface area contributed by atoms with Crippen molar-refractivity contribution in [3.63, 3.8) is 0 Å². The highest BCUT2D eigenvalue weighted by atomic mass is 14.8. The van der Waals surface area contributed by atoms with Crippen molar-refractivity contribution in [2.45, 2.75) is 39.5 Å². The Morgan fingerprint density at radius 1 is 1.26 bits per heavy atom. The maximum absolute atomic E-state index is 4.52. The first-order chi connectivity index (χ1) is 9.20. The van der Waals surface area contributed by atoms with Crippen LogP contribution < -0.4 is 5.32 Å². The molecule has 1 aliphatic rings. The molecule has 1 fully saturated rings. The van der Waals surface area contributed by atoms with Gasteiger partial charge in [0.2, 0.25) is 0 Å². The van der Waals surface area contributed by atoms with Crippen LogP contribution >= 0.6 is 0 Å². The van der Waals surface area contributed by atoms with Gasteiger partial charge in [-0.25, -0.2) is 0 Å². The fourth-order valence-corrected chi connectivity index (χ4v) is 3.54. The summed E-state index contributed by atoms with van der Waals surface area (Å²) in [6.45, 7) is 5.91. The smallest absolute Gasteiger partial charge is 0.0406 e. The van der Waals surface area contributed by atoms with Crippen molar-refractivity contribution in [1.29, 1.82) is 0 Å². The van der Waals surface area contributed by atoms with Crippen LogP contribution in [0.3, 0.4) is 0 Å². The topological polar surface area (TPSA) is 24.9 Å². The molecule has 0 saturated heterocycles. The minimum absolute atomic E-state index is 0.795. The standard InChI is InChI=1S/C17H28N2/c1-13(2)14-7-8-15(12-18-3)16(10-14)11-17-6-4-5-9-19-17/h4-6,9,13-16,18H,7-8,10-12H2,1-3H3. The van der Waals surface area contributed by atoms with Gasteiger partial charge in [-0.3, -0.25) is 4.98 Å². The fourth-order valence-electron chi connectivity index (χ4n) is 3.54. The van der Waals surface area contributed by atoms with E-state index in [9.17, 15) is 0 Å². The Morgan fingerprint density at radius 2 is 2.11 bits per heavy atom. The van der Waals surface area contributed by atoms with E-state index < -0.39 is 0 Å². The number of hydrogen-bond acceptors (Lipinski definition) is 2. The molecule has 2 heteroatoms. The minimum Gasteiger partial charge on any atom is -0.319 e. The summed E-state index contributed by atoms with van der Waals surface area (Å²) in [5, 5.41) is 3.38. The Balaban J connectivity index is 2.03. The number of nitrogens with one attached hydrogen (secondary N) is 1. The van der Waals surface area contributed by atoms with Gasteiger partial charge in [-0.1, -0.05) is 19.9 Å². The highest BCUT2D eigenvalue weighted by Gasteiger charge is 2.31. The molecule has 2 nitrogen and oxygen atoms in total. The molecular formula is C17H28N2. The van der Waals surface area contributed by atoms with Crippen molar-refractivity contribution >= 4 is 0 Å². The normalized spacial score (nSPS) is 27.7. The van der Waals surface area contributed by atoms with Crippen LogP contribution in [0, 0.1) is 23.7 Å². The maximum atomic E-state index is 4.52. The number of rotatable bonds is 5. The van der Waals surface area contributed by atoms with Gasteiger partial charge in [0.25, 0.3) is 0 Å². The molecule has 1 aromatic rings. The summed E-state index contributed by atoms with van der Waals surface area (Å²) in [4.78, 5) is 4.52. The average molecular weight is 260 g/mol. The van der Waals surface area contributed by atoms with Crippen molar-refractivity contribution < 1.29 is 0 Å². The van der Waals surface area contributed by atoms with E-state index >= 15 is 0 Å². The van der Waals surface area contributed by atoms with Gasteiger partial charge in [-0.15, -0.1) is 0 Å². The van der Waals surface area contributed by atoms with E-state index in [1.165, 1.54) is 25.0 Å². The Kier molecular flexibility index (Phi) is 5.38. The Bertz CT molecular complexity index is 361. The first kappa shape index (κ1) is 14.5. The van der Waals surface area contributed by atoms with Gasteiger partial charge in [0, 0.05) is 11.9 Å². The number of nitrogens with zero attached hydrogens (tertiary/aromatic N) is 1. The third kappa shape index (κ3) is 4.04. The van der Waals surface area contributed by atoms with Crippen LogP contribution in [-0.4, -0.2) is 18.6 Å². The van der Waals surface area contributed by atoms with Crippen molar-refractivity contribution in [2.24, 2.45) is 23.7 Å². The van der Waals surface area contributed by atoms with Gasteiger partial charge in [-0.05, 0) is 75.1 Å². The summed E-state index contributed by atoms with van der Waals surface area (Å²) >= 11 is 0. The van der Waals surface area contributed by atoms with Gasteiger partial charge >= 0.3 is 0 Å². The second kappa shape index (κ2) is 7.04. The van der Waals surface area contributed by atoms with E-state index in [1.807, 2.05) is 12.3 Å². The van der Waals surface area contributed by atoms with Crippen LogP contribution in [-0.2, 0) is 6.42 Å². The van der Waals surface area contributed by atoms with E-state index in [0.29, 0.717) is 0 Å². The molecule has 0 aromatic carbocycles. The Labute approximate surface area is 118 Å². The molecule has 0 bridgehead atoms. The number of pyridine rings is 1. The zero-order valence-electron chi connectivity index (χ0n) is 12.6. The highest BCUT2D eigenvalue weighted by Crippen LogP contribution is 2.38. The lowest BCUT2D eigenvalue weighted by Gasteiger charge is -2.38. The van der Waals surface area contributed by atoms with E-state index in [-0.39, 0.29) is 0 Å². The lowest BCUT2D eigenvalue weighted by Crippen LogP contribution is -2.34. The van der Waals surface area contributed by atoms with Gasteiger partial charge in [0.15, 0.2) is 0 Å². The maximum Gasteiger partial charge on any atom is 0.0406 e.